The van der Waals surface area contributed by atoms with Gasteiger partial charge in [0.1, 0.15) is 0 Å². The lowest BCUT2D eigenvalue weighted by atomic mass is 9.95. The van der Waals surface area contributed by atoms with E-state index in [1.807, 2.05) is 18.2 Å². The largest absolute Gasteiger partial charge is 0.326 e. The zero-order chi connectivity index (χ0) is 9.26. The maximum Gasteiger partial charge on any atom is 0.0408 e. The van der Waals surface area contributed by atoms with E-state index in [9.17, 15) is 0 Å². The van der Waals surface area contributed by atoms with E-state index in [4.69, 9.17) is 17.3 Å². The third-order valence-electron chi connectivity index (χ3n) is 2.54. The zero-order valence-electron chi connectivity index (χ0n) is 7.33. The molecule has 2 nitrogen and oxygen atoms in total. The molecule has 0 saturated carbocycles. The lowest BCUT2D eigenvalue weighted by Gasteiger charge is -2.14. The number of nitrogens with two attached hydrogens (primary N) is 1. The van der Waals surface area contributed by atoms with Gasteiger partial charge in [-0.25, -0.2) is 0 Å². The van der Waals surface area contributed by atoms with Gasteiger partial charge in [-0.15, -0.1) is 0 Å². The van der Waals surface area contributed by atoms with Crippen molar-refractivity contribution >= 4 is 11.6 Å². The molecule has 1 saturated heterocycles. The summed E-state index contributed by atoms with van der Waals surface area (Å²) in [6.07, 6.45) is 0. The molecule has 0 spiro atoms. The number of halogens is 1. The average molecular weight is 197 g/mol. The molecule has 0 aromatic heterocycles. The van der Waals surface area contributed by atoms with E-state index in [0.717, 1.165) is 18.1 Å². The second-order valence-electron chi connectivity index (χ2n) is 3.48. The van der Waals surface area contributed by atoms with Crippen molar-refractivity contribution in [2.75, 3.05) is 13.1 Å². The molecule has 1 fully saturated rings. The van der Waals surface area contributed by atoms with E-state index >= 15 is 0 Å². The number of rotatable bonds is 1. The summed E-state index contributed by atoms with van der Waals surface area (Å²) in [7, 11) is 0. The normalized spacial score (nSPS) is 27.8. The minimum Gasteiger partial charge on any atom is -0.326 e. The fraction of sp³-hybridized carbons (Fsp3) is 0.400. The third-order valence-corrected chi connectivity index (χ3v) is 2.77. The van der Waals surface area contributed by atoms with Gasteiger partial charge in [0.2, 0.25) is 0 Å². The number of benzene rings is 1. The van der Waals surface area contributed by atoms with Crippen molar-refractivity contribution in [3.05, 3.63) is 34.9 Å². The molecule has 0 aliphatic carbocycles. The van der Waals surface area contributed by atoms with Crippen LogP contribution in [0.2, 0.25) is 5.02 Å². The topological polar surface area (TPSA) is 38.0 Å². The second-order valence-corrected chi connectivity index (χ2v) is 3.92. The van der Waals surface area contributed by atoms with Crippen LogP contribution in [0.1, 0.15) is 11.5 Å². The summed E-state index contributed by atoms with van der Waals surface area (Å²) < 4.78 is 0. The van der Waals surface area contributed by atoms with Crippen molar-refractivity contribution in [2.24, 2.45) is 5.73 Å². The fourth-order valence-corrected chi connectivity index (χ4v) is 2.00. The first-order valence-corrected chi connectivity index (χ1v) is 4.87. The van der Waals surface area contributed by atoms with Crippen LogP contribution in [0.4, 0.5) is 0 Å². The first-order valence-electron chi connectivity index (χ1n) is 4.49. The molecule has 70 valence electrons. The molecule has 0 radical (unpaired) electrons. The van der Waals surface area contributed by atoms with Crippen LogP contribution in [0.3, 0.4) is 0 Å². The van der Waals surface area contributed by atoms with Gasteiger partial charge in [0.05, 0.1) is 0 Å². The van der Waals surface area contributed by atoms with Crippen molar-refractivity contribution in [1.29, 1.82) is 0 Å². The van der Waals surface area contributed by atoms with E-state index in [2.05, 4.69) is 11.4 Å². The molecule has 1 aromatic rings. The quantitative estimate of drug-likeness (QED) is 0.712. The first kappa shape index (κ1) is 9.00. The van der Waals surface area contributed by atoms with Crippen molar-refractivity contribution in [2.45, 2.75) is 12.0 Å². The molecule has 1 aliphatic rings. The van der Waals surface area contributed by atoms with Gasteiger partial charge in [0, 0.05) is 30.1 Å². The van der Waals surface area contributed by atoms with Gasteiger partial charge < -0.3 is 11.1 Å². The van der Waals surface area contributed by atoms with Gasteiger partial charge >= 0.3 is 0 Å². The highest BCUT2D eigenvalue weighted by atomic mass is 35.5. The molecule has 2 atom stereocenters. The molecule has 0 amide bonds. The van der Waals surface area contributed by atoms with Crippen LogP contribution in [-0.2, 0) is 0 Å². The number of hydrogen-bond donors (Lipinski definition) is 2. The van der Waals surface area contributed by atoms with E-state index in [-0.39, 0.29) is 6.04 Å². The van der Waals surface area contributed by atoms with Gasteiger partial charge in [0.15, 0.2) is 0 Å². The monoisotopic (exact) mass is 196 g/mol. The summed E-state index contributed by atoms with van der Waals surface area (Å²) in [5.41, 5.74) is 7.20. The summed E-state index contributed by atoms with van der Waals surface area (Å²) in [6, 6.07) is 8.17. The highest BCUT2D eigenvalue weighted by molar-refractivity contribution is 6.30. The molecular formula is C10H13ClN2. The Bertz CT molecular complexity index is 301. The Balaban J connectivity index is 2.24. The Morgan fingerprint density at radius 3 is 2.85 bits per heavy atom. The summed E-state index contributed by atoms with van der Waals surface area (Å²) >= 11 is 5.91. The van der Waals surface area contributed by atoms with Crippen LogP contribution in [0.25, 0.3) is 0 Å². The predicted molar refractivity (Wildman–Crippen MR) is 55.0 cm³/mol. The summed E-state index contributed by atoms with van der Waals surface area (Å²) in [5, 5.41) is 4.06. The maximum absolute atomic E-state index is 5.96. The smallest absolute Gasteiger partial charge is 0.0408 e. The predicted octanol–water partition coefficient (Wildman–Crippen LogP) is 1.35. The second kappa shape index (κ2) is 3.66. The molecule has 13 heavy (non-hydrogen) atoms. The Morgan fingerprint density at radius 1 is 1.38 bits per heavy atom. The minimum atomic E-state index is 0.221. The SMILES string of the molecule is NC1CNCC1c1cccc(Cl)c1. The Kier molecular flexibility index (Phi) is 2.54. The first-order chi connectivity index (χ1) is 6.27. The van der Waals surface area contributed by atoms with E-state index in [1.165, 1.54) is 5.56 Å². The van der Waals surface area contributed by atoms with Crippen molar-refractivity contribution < 1.29 is 0 Å². The van der Waals surface area contributed by atoms with Crippen LogP contribution in [-0.4, -0.2) is 19.1 Å². The number of hydrogen-bond acceptors (Lipinski definition) is 2. The van der Waals surface area contributed by atoms with Crippen LogP contribution in [0.15, 0.2) is 24.3 Å². The lowest BCUT2D eigenvalue weighted by Crippen LogP contribution is -2.27. The van der Waals surface area contributed by atoms with Gasteiger partial charge in [0.25, 0.3) is 0 Å². The zero-order valence-corrected chi connectivity index (χ0v) is 8.09. The molecule has 2 unspecified atom stereocenters. The molecular weight excluding hydrogens is 184 g/mol. The van der Waals surface area contributed by atoms with Crippen molar-refractivity contribution in [3.8, 4) is 0 Å². The maximum atomic E-state index is 5.96. The van der Waals surface area contributed by atoms with Crippen LogP contribution < -0.4 is 11.1 Å². The van der Waals surface area contributed by atoms with E-state index in [0.29, 0.717) is 5.92 Å². The Labute approximate surface area is 83.1 Å². The van der Waals surface area contributed by atoms with Gasteiger partial charge in [-0.3, -0.25) is 0 Å². The van der Waals surface area contributed by atoms with E-state index in [1.54, 1.807) is 0 Å². The Hall–Kier alpha value is -0.570. The van der Waals surface area contributed by atoms with Crippen molar-refractivity contribution in [1.82, 2.24) is 5.32 Å². The molecule has 1 heterocycles. The standard InChI is InChI=1S/C10H13ClN2/c11-8-3-1-2-7(4-8)9-5-13-6-10(9)12/h1-4,9-10,13H,5-6,12H2. The lowest BCUT2D eigenvalue weighted by molar-refractivity contribution is 0.653. The van der Waals surface area contributed by atoms with Gasteiger partial charge in [-0.2, -0.15) is 0 Å². The molecule has 1 aliphatic heterocycles. The van der Waals surface area contributed by atoms with Gasteiger partial charge in [-0.05, 0) is 17.7 Å². The molecule has 3 N–H and O–H groups in total. The summed E-state index contributed by atoms with van der Waals surface area (Å²) in [6.45, 7) is 1.86. The molecule has 1 aromatic carbocycles. The molecule has 0 bridgehead atoms. The highest BCUT2D eigenvalue weighted by Gasteiger charge is 2.24. The average Bonchev–Trinajstić information content (AvgIpc) is 2.51. The van der Waals surface area contributed by atoms with Gasteiger partial charge in [-0.1, -0.05) is 23.7 Å². The fourth-order valence-electron chi connectivity index (χ4n) is 1.80. The van der Waals surface area contributed by atoms with Crippen LogP contribution >= 0.6 is 11.6 Å². The summed E-state index contributed by atoms with van der Waals surface area (Å²) in [4.78, 5) is 0. The minimum absolute atomic E-state index is 0.221. The highest BCUT2D eigenvalue weighted by Crippen LogP contribution is 2.23. The van der Waals surface area contributed by atoms with E-state index < -0.39 is 0 Å². The Morgan fingerprint density at radius 2 is 2.23 bits per heavy atom. The van der Waals surface area contributed by atoms with Crippen LogP contribution in [0, 0.1) is 0 Å². The third kappa shape index (κ3) is 1.85. The van der Waals surface area contributed by atoms with Crippen molar-refractivity contribution in [3.63, 3.8) is 0 Å². The molecule has 2 rings (SSSR count). The van der Waals surface area contributed by atoms with Crippen LogP contribution in [0.5, 0.6) is 0 Å². The number of nitrogens with one attached hydrogen (secondary N) is 1. The molecule has 3 heteroatoms. The summed E-state index contributed by atoms with van der Waals surface area (Å²) in [5.74, 6) is 0.415.